The van der Waals surface area contributed by atoms with Crippen LogP contribution >= 0.6 is 0 Å². The maximum absolute atomic E-state index is 5.59. The molecule has 0 aliphatic carbocycles. The van der Waals surface area contributed by atoms with Gasteiger partial charge in [0, 0.05) is 18.9 Å². The first-order chi connectivity index (χ1) is 7.79. The van der Waals surface area contributed by atoms with Crippen molar-refractivity contribution in [1.29, 1.82) is 0 Å². The van der Waals surface area contributed by atoms with Crippen LogP contribution in [0.15, 0.2) is 35.3 Å². The van der Waals surface area contributed by atoms with Crippen molar-refractivity contribution in [3.05, 3.63) is 35.9 Å². The van der Waals surface area contributed by atoms with Gasteiger partial charge in [-0.25, -0.2) is 0 Å². The van der Waals surface area contributed by atoms with E-state index in [2.05, 4.69) is 31.0 Å². The minimum atomic E-state index is -0.301. The summed E-state index contributed by atoms with van der Waals surface area (Å²) in [4.78, 5) is 4.40. The third-order valence-electron chi connectivity index (χ3n) is 2.17. The Balaban J connectivity index is 2.05. The standard InChI is InChI=1S/C13H21NOSi/c1-12(2)15-16-10-6-9-14-11-13-7-4-3-5-8-13/h3-5,7-8,11-12H,6,9-10,16H2,1-2H3. The molecule has 0 spiro atoms. The van der Waals surface area contributed by atoms with E-state index in [4.69, 9.17) is 4.43 Å². The van der Waals surface area contributed by atoms with Crippen molar-refractivity contribution in [3.8, 4) is 0 Å². The Morgan fingerprint density at radius 2 is 2.06 bits per heavy atom. The third-order valence-corrected chi connectivity index (χ3v) is 3.86. The van der Waals surface area contributed by atoms with Gasteiger partial charge in [-0.05, 0) is 31.9 Å². The van der Waals surface area contributed by atoms with E-state index in [1.165, 1.54) is 11.6 Å². The Labute approximate surface area is 101 Å². The van der Waals surface area contributed by atoms with Gasteiger partial charge in [-0.1, -0.05) is 30.3 Å². The second-order valence-corrected chi connectivity index (χ2v) is 5.52. The average Bonchev–Trinajstić information content (AvgIpc) is 2.29. The van der Waals surface area contributed by atoms with E-state index in [0.717, 1.165) is 13.0 Å². The predicted molar refractivity (Wildman–Crippen MR) is 73.1 cm³/mol. The van der Waals surface area contributed by atoms with E-state index in [-0.39, 0.29) is 9.76 Å². The van der Waals surface area contributed by atoms with Crippen LogP contribution in [0.2, 0.25) is 6.04 Å². The van der Waals surface area contributed by atoms with Gasteiger partial charge in [0.05, 0.1) is 0 Å². The second-order valence-electron chi connectivity index (χ2n) is 4.07. The Morgan fingerprint density at radius 1 is 1.31 bits per heavy atom. The van der Waals surface area contributed by atoms with Gasteiger partial charge in [0.2, 0.25) is 0 Å². The highest BCUT2D eigenvalue weighted by Gasteiger charge is 1.93. The molecule has 0 saturated heterocycles. The molecule has 0 N–H and O–H groups in total. The molecule has 0 fully saturated rings. The first-order valence-corrected chi connectivity index (χ1v) is 7.53. The number of aliphatic imine (C=N–C) groups is 1. The predicted octanol–water partition coefficient (Wildman–Crippen LogP) is 2.42. The molecular formula is C13H21NOSi. The van der Waals surface area contributed by atoms with Crippen LogP contribution < -0.4 is 0 Å². The molecule has 0 saturated carbocycles. The average molecular weight is 235 g/mol. The third kappa shape index (κ3) is 6.53. The smallest absolute Gasteiger partial charge is 0.162 e. The number of benzene rings is 1. The zero-order chi connectivity index (χ0) is 11.6. The summed E-state index contributed by atoms with van der Waals surface area (Å²) in [5.41, 5.74) is 1.18. The molecule has 0 amide bonds. The van der Waals surface area contributed by atoms with Gasteiger partial charge in [0.1, 0.15) is 0 Å². The van der Waals surface area contributed by atoms with Gasteiger partial charge in [-0.3, -0.25) is 4.99 Å². The molecule has 0 heterocycles. The topological polar surface area (TPSA) is 21.6 Å². The molecule has 2 nitrogen and oxygen atoms in total. The lowest BCUT2D eigenvalue weighted by atomic mass is 10.2. The Morgan fingerprint density at radius 3 is 2.75 bits per heavy atom. The Hall–Kier alpha value is -0.933. The van der Waals surface area contributed by atoms with E-state index in [1.807, 2.05) is 24.4 Å². The van der Waals surface area contributed by atoms with Crippen LogP contribution in [0.1, 0.15) is 25.8 Å². The van der Waals surface area contributed by atoms with Crippen molar-refractivity contribution in [2.75, 3.05) is 6.54 Å². The maximum atomic E-state index is 5.59. The molecule has 0 atom stereocenters. The van der Waals surface area contributed by atoms with Crippen molar-refractivity contribution >= 4 is 16.0 Å². The highest BCUT2D eigenvalue weighted by Crippen LogP contribution is 1.96. The first-order valence-electron chi connectivity index (χ1n) is 5.95. The highest BCUT2D eigenvalue weighted by molar-refractivity contribution is 6.27. The fourth-order valence-electron chi connectivity index (χ4n) is 1.33. The second kappa shape index (κ2) is 8.25. The molecular weight excluding hydrogens is 214 g/mol. The fourth-order valence-corrected chi connectivity index (χ4v) is 2.40. The Bertz CT molecular complexity index is 298. The number of nitrogens with zero attached hydrogens (tertiary/aromatic N) is 1. The van der Waals surface area contributed by atoms with E-state index >= 15 is 0 Å². The summed E-state index contributed by atoms with van der Waals surface area (Å²) >= 11 is 0. The van der Waals surface area contributed by atoms with E-state index in [0.29, 0.717) is 6.10 Å². The lowest BCUT2D eigenvalue weighted by Gasteiger charge is -2.05. The molecule has 16 heavy (non-hydrogen) atoms. The molecule has 0 bridgehead atoms. The highest BCUT2D eigenvalue weighted by atomic mass is 28.2. The van der Waals surface area contributed by atoms with Crippen molar-refractivity contribution in [3.63, 3.8) is 0 Å². The largest absolute Gasteiger partial charge is 0.422 e. The van der Waals surface area contributed by atoms with Crippen LogP contribution in [0, 0.1) is 0 Å². The van der Waals surface area contributed by atoms with Gasteiger partial charge >= 0.3 is 0 Å². The molecule has 0 aliphatic heterocycles. The van der Waals surface area contributed by atoms with Crippen molar-refractivity contribution < 1.29 is 4.43 Å². The molecule has 0 aromatic heterocycles. The molecule has 3 heteroatoms. The summed E-state index contributed by atoms with van der Waals surface area (Å²) in [5, 5.41) is 0. The molecule has 0 aliphatic rings. The monoisotopic (exact) mass is 235 g/mol. The van der Waals surface area contributed by atoms with Crippen molar-refractivity contribution in [2.24, 2.45) is 4.99 Å². The van der Waals surface area contributed by atoms with Gasteiger partial charge in [-0.2, -0.15) is 0 Å². The van der Waals surface area contributed by atoms with Gasteiger partial charge in [-0.15, -0.1) is 0 Å². The molecule has 0 unspecified atom stereocenters. The fraction of sp³-hybridized carbons (Fsp3) is 0.462. The maximum Gasteiger partial charge on any atom is 0.162 e. The summed E-state index contributed by atoms with van der Waals surface area (Å²) in [5.74, 6) is 0. The Kier molecular flexibility index (Phi) is 6.77. The molecule has 1 rings (SSSR count). The van der Waals surface area contributed by atoms with Gasteiger partial charge in [0.25, 0.3) is 0 Å². The molecule has 0 radical (unpaired) electrons. The van der Waals surface area contributed by atoms with Gasteiger partial charge in [0.15, 0.2) is 9.76 Å². The quantitative estimate of drug-likeness (QED) is 0.404. The normalized spacial score (nSPS) is 12.2. The summed E-state index contributed by atoms with van der Waals surface area (Å²) in [7, 11) is -0.301. The van der Waals surface area contributed by atoms with Crippen LogP contribution in [0.5, 0.6) is 0 Å². The summed E-state index contributed by atoms with van der Waals surface area (Å²) in [6.45, 7) is 5.12. The summed E-state index contributed by atoms with van der Waals surface area (Å²) in [6, 6.07) is 11.5. The van der Waals surface area contributed by atoms with Crippen LogP contribution in [0.3, 0.4) is 0 Å². The van der Waals surface area contributed by atoms with Crippen LogP contribution in [-0.2, 0) is 4.43 Å². The van der Waals surface area contributed by atoms with Crippen LogP contribution in [0.25, 0.3) is 0 Å². The SMILES string of the molecule is CC(C)O[SiH2]CCCN=Cc1ccccc1. The van der Waals surface area contributed by atoms with Gasteiger partial charge < -0.3 is 4.43 Å². The molecule has 88 valence electrons. The molecule has 1 aromatic rings. The van der Waals surface area contributed by atoms with E-state index in [1.54, 1.807) is 0 Å². The minimum Gasteiger partial charge on any atom is -0.422 e. The number of rotatable bonds is 7. The van der Waals surface area contributed by atoms with Crippen LogP contribution in [0.4, 0.5) is 0 Å². The zero-order valence-electron chi connectivity index (χ0n) is 10.2. The lowest BCUT2D eigenvalue weighted by molar-refractivity contribution is 0.255. The lowest BCUT2D eigenvalue weighted by Crippen LogP contribution is -2.06. The first kappa shape index (κ1) is 13.1. The summed E-state index contributed by atoms with van der Waals surface area (Å²) < 4.78 is 5.59. The molecule has 1 aromatic carbocycles. The van der Waals surface area contributed by atoms with Crippen molar-refractivity contribution in [2.45, 2.75) is 32.4 Å². The van der Waals surface area contributed by atoms with Crippen LogP contribution in [-0.4, -0.2) is 28.6 Å². The van der Waals surface area contributed by atoms with Crippen molar-refractivity contribution in [1.82, 2.24) is 0 Å². The summed E-state index contributed by atoms with van der Waals surface area (Å²) in [6.07, 6.45) is 3.51. The number of hydrogen-bond donors (Lipinski definition) is 0. The van der Waals surface area contributed by atoms with E-state index in [9.17, 15) is 0 Å². The number of hydrogen-bond acceptors (Lipinski definition) is 2. The van der Waals surface area contributed by atoms with E-state index < -0.39 is 0 Å². The minimum absolute atomic E-state index is 0.301. The zero-order valence-corrected chi connectivity index (χ0v) is 11.6.